The zero-order valence-electron chi connectivity index (χ0n) is 12.0. The van der Waals surface area contributed by atoms with Crippen LogP contribution in [0.4, 0.5) is 11.9 Å². The van der Waals surface area contributed by atoms with Crippen LogP contribution in [-0.4, -0.2) is 44.6 Å². The lowest BCUT2D eigenvalue weighted by atomic mass is 10.0. The zero-order chi connectivity index (χ0) is 14.1. The molecule has 1 aliphatic heterocycles. The van der Waals surface area contributed by atoms with E-state index in [1.807, 2.05) is 13.2 Å². The van der Waals surface area contributed by atoms with E-state index in [-0.39, 0.29) is 0 Å². The molecule has 7 heteroatoms. The maximum Gasteiger partial charge on any atom is 0.241 e. The molecule has 1 N–H and O–H groups in total. The highest BCUT2D eigenvalue weighted by Gasteiger charge is 2.28. The molecule has 2 atom stereocenters. The summed E-state index contributed by atoms with van der Waals surface area (Å²) in [5.41, 5.74) is 0. The van der Waals surface area contributed by atoms with Crippen LogP contribution in [0, 0.1) is 11.8 Å². The second-order valence-corrected chi connectivity index (χ2v) is 5.34. The Morgan fingerprint density at radius 2 is 1.80 bits per heavy atom. The van der Waals surface area contributed by atoms with E-state index in [1.54, 1.807) is 17.1 Å². The largest absolute Gasteiger partial charge is 0.357 e. The van der Waals surface area contributed by atoms with Crippen LogP contribution in [0.5, 0.6) is 0 Å². The molecular formula is C13H19N7. The average Bonchev–Trinajstić information content (AvgIpc) is 3.09. The quantitative estimate of drug-likeness (QED) is 0.905. The molecule has 20 heavy (non-hydrogen) atoms. The summed E-state index contributed by atoms with van der Waals surface area (Å²) in [6, 6.07) is 0. The fourth-order valence-corrected chi connectivity index (χ4v) is 2.39. The number of anilines is 2. The van der Waals surface area contributed by atoms with Gasteiger partial charge in [0.15, 0.2) is 0 Å². The SMILES string of the molecule is CNc1nc(N2CC(C)C(C)C2)nc(-n2ccnc2)n1. The third-order valence-electron chi connectivity index (χ3n) is 3.84. The first-order chi connectivity index (χ1) is 9.67. The summed E-state index contributed by atoms with van der Waals surface area (Å²) in [4.78, 5) is 19.7. The molecular weight excluding hydrogens is 254 g/mol. The summed E-state index contributed by atoms with van der Waals surface area (Å²) in [6.07, 6.45) is 5.23. The molecule has 3 heterocycles. The van der Waals surface area contributed by atoms with Crippen LogP contribution in [-0.2, 0) is 0 Å². The van der Waals surface area contributed by atoms with Crippen molar-refractivity contribution < 1.29 is 0 Å². The Morgan fingerprint density at radius 1 is 1.10 bits per heavy atom. The van der Waals surface area contributed by atoms with Crippen molar-refractivity contribution in [2.24, 2.45) is 11.8 Å². The highest BCUT2D eigenvalue weighted by molar-refractivity contribution is 5.41. The second kappa shape index (κ2) is 5.07. The molecule has 0 aliphatic carbocycles. The maximum absolute atomic E-state index is 4.56. The van der Waals surface area contributed by atoms with Gasteiger partial charge in [-0.15, -0.1) is 0 Å². The number of imidazole rings is 1. The molecule has 0 spiro atoms. The number of hydrogen-bond donors (Lipinski definition) is 1. The van der Waals surface area contributed by atoms with Crippen LogP contribution < -0.4 is 10.2 Å². The molecule has 1 fully saturated rings. The molecule has 0 amide bonds. The smallest absolute Gasteiger partial charge is 0.241 e. The van der Waals surface area contributed by atoms with Crippen molar-refractivity contribution in [2.45, 2.75) is 13.8 Å². The number of nitrogens with zero attached hydrogens (tertiary/aromatic N) is 6. The summed E-state index contributed by atoms with van der Waals surface area (Å²) in [5.74, 6) is 3.20. The molecule has 106 valence electrons. The number of rotatable bonds is 3. The summed E-state index contributed by atoms with van der Waals surface area (Å²) in [7, 11) is 1.81. The predicted molar refractivity (Wildman–Crippen MR) is 77.0 cm³/mol. The summed E-state index contributed by atoms with van der Waals surface area (Å²) in [5, 5.41) is 2.99. The van der Waals surface area contributed by atoms with Crippen molar-refractivity contribution in [1.29, 1.82) is 0 Å². The third kappa shape index (κ3) is 2.31. The fraction of sp³-hybridized carbons (Fsp3) is 0.538. The minimum Gasteiger partial charge on any atom is -0.357 e. The monoisotopic (exact) mass is 273 g/mol. The van der Waals surface area contributed by atoms with Crippen LogP contribution >= 0.6 is 0 Å². The molecule has 0 bridgehead atoms. The van der Waals surface area contributed by atoms with Crippen molar-refractivity contribution >= 4 is 11.9 Å². The zero-order valence-corrected chi connectivity index (χ0v) is 12.0. The predicted octanol–water partition coefficient (Wildman–Crippen LogP) is 1.19. The topological polar surface area (TPSA) is 71.8 Å². The van der Waals surface area contributed by atoms with Gasteiger partial charge in [-0.05, 0) is 11.8 Å². The molecule has 0 saturated carbocycles. The number of hydrogen-bond acceptors (Lipinski definition) is 6. The molecule has 1 aliphatic rings. The van der Waals surface area contributed by atoms with Gasteiger partial charge in [-0.2, -0.15) is 15.0 Å². The summed E-state index contributed by atoms with van der Waals surface area (Å²) >= 11 is 0. The van der Waals surface area contributed by atoms with Crippen LogP contribution in [0.1, 0.15) is 13.8 Å². The fourth-order valence-electron chi connectivity index (χ4n) is 2.39. The third-order valence-corrected chi connectivity index (χ3v) is 3.84. The van der Waals surface area contributed by atoms with Gasteiger partial charge in [0, 0.05) is 32.5 Å². The number of nitrogens with one attached hydrogen (secondary N) is 1. The van der Waals surface area contributed by atoms with E-state index < -0.39 is 0 Å². The second-order valence-electron chi connectivity index (χ2n) is 5.34. The van der Waals surface area contributed by atoms with E-state index in [2.05, 4.69) is 44.0 Å². The Hall–Kier alpha value is -2.18. The van der Waals surface area contributed by atoms with Crippen molar-refractivity contribution in [2.75, 3.05) is 30.4 Å². The van der Waals surface area contributed by atoms with E-state index in [0.29, 0.717) is 23.7 Å². The van der Waals surface area contributed by atoms with E-state index in [9.17, 15) is 0 Å². The molecule has 7 nitrogen and oxygen atoms in total. The minimum atomic E-state index is 0.575. The lowest BCUT2D eigenvalue weighted by Gasteiger charge is -2.17. The van der Waals surface area contributed by atoms with Crippen LogP contribution in [0.15, 0.2) is 18.7 Å². The number of aromatic nitrogens is 5. The van der Waals surface area contributed by atoms with Gasteiger partial charge in [-0.1, -0.05) is 13.8 Å². The molecule has 0 aromatic carbocycles. The first-order valence-electron chi connectivity index (χ1n) is 6.84. The Balaban J connectivity index is 1.97. The maximum atomic E-state index is 4.56. The Labute approximate surface area is 118 Å². The Bertz CT molecular complexity index is 570. The summed E-state index contributed by atoms with van der Waals surface area (Å²) < 4.78 is 1.79. The molecule has 1 saturated heterocycles. The van der Waals surface area contributed by atoms with Crippen molar-refractivity contribution in [1.82, 2.24) is 24.5 Å². The molecule has 2 aromatic rings. The van der Waals surface area contributed by atoms with E-state index in [4.69, 9.17) is 0 Å². The van der Waals surface area contributed by atoms with E-state index >= 15 is 0 Å². The first-order valence-corrected chi connectivity index (χ1v) is 6.84. The van der Waals surface area contributed by atoms with Crippen LogP contribution in [0.2, 0.25) is 0 Å². The van der Waals surface area contributed by atoms with Gasteiger partial charge < -0.3 is 10.2 Å². The minimum absolute atomic E-state index is 0.575. The average molecular weight is 273 g/mol. The van der Waals surface area contributed by atoms with Gasteiger partial charge in [0.05, 0.1) is 0 Å². The molecule has 0 radical (unpaired) electrons. The van der Waals surface area contributed by atoms with Crippen LogP contribution in [0.3, 0.4) is 0 Å². The van der Waals surface area contributed by atoms with Crippen molar-refractivity contribution in [3.05, 3.63) is 18.7 Å². The lowest BCUT2D eigenvalue weighted by Crippen LogP contribution is -2.23. The molecule has 3 rings (SSSR count). The van der Waals surface area contributed by atoms with E-state index in [0.717, 1.165) is 19.0 Å². The van der Waals surface area contributed by atoms with Gasteiger partial charge in [0.25, 0.3) is 0 Å². The van der Waals surface area contributed by atoms with Gasteiger partial charge in [0.1, 0.15) is 6.33 Å². The highest BCUT2D eigenvalue weighted by Crippen LogP contribution is 2.26. The van der Waals surface area contributed by atoms with Crippen LogP contribution in [0.25, 0.3) is 5.95 Å². The normalized spacial score (nSPS) is 22.2. The van der Waals surface area contributed by atoms with Crippen molar-refractivity contribution in [3.8, 4) is 5.95 Å². The van der Waals surface area contributed by atoms with E-state index in [1.165, 1.54) is 0 Å². The highest BCUT2D eigenvalue weighted by atomic mass is 15.3. The summed E-state index contributed by atoms with van der Waals surface area (Å²) in [6.45, 7) is 6.50. The van der Waals surface area contributed by atoms with Crippen molar-refractivity contribution in [3.63, 3.8) is 0 Å². The van der Waals surface area contributed by atoms with Gasteiger partial charge in [-0.3, -0.25) is 4.57 Å². The van der Waals surface area contributed by atoms with Gasteiger partial charge >= 0.3 is 0 Å². The Kier molecular flexibility index (Phi) is 3.25. The van der Waals surface area contributed by atoms with Gasteiger partial charge in [-0.25, -0.2) is 4.98 Å². The Morgan fingerprint density at radius 3 is 2.40 bits per heavy atom. The van der Waals surface area contributed by atoms with Gasteiger partial charge in [0.2, 0.25) is 17.8 Å². The molecule has 2 aromatic heterocycles. The first kappa shape index (κ1) is 12.8. The standard InChI is InChI=1S/C13H19N7/c1-9-6-20(7-10(9)2)13-17-11(14-3)16-12(18-13)19-5-4-15-8-19/h4-5,8-10H,6-7H2,1-3H3,(H,14,16,17,18). The molecule has 2 unspecified atom stereocenters. The lowest BCUT2D eigenvalue weighted by molar-refractivity contribution is 0.494.